The van der Waals surface area contributed by atoms with Crippen molar-refractivity contribution in [3.05, 3.63) is 34.7 Å². The van der Waals surface area contributed by atoms with E-state index in [0.29, 0.717) is 10.2 Å². The van der Waals surface area contributed by atoms with Crippen LogP contribution in [0.1, 0.15) is 11.1 Å². The Kier molecular flexibility index (Phi) is 2.04. The van der Waals surface area contributed by atoms with Gasteiger partial charge in [-0.15, -0.1) is 0 Å². The number of halogens is 1. The second-order valence-corrected chi connectivity index (χ2v) is 5.17. The molecule has 1 heterocycles. The smallest absolute Gasteiger partial charge is 0.200 e. The van der Waals surface area contributed by atoms with Crippen LogP contribution in [0.5, 0.6) is 0 Å². The summed E-state index contributed by atoms with van der Waals surface area (Å²) in [5.41, 5.74) is 1.83. The molecular formula is C9H7BrO2S. The van der Waals surface area contributed by atoms with Crippen molar-refractivity contribution in [2.24, 2.45) is 0 Å². The first-order chi connectivity index (χ1) is 6.15. The van der Waals surface area contributed by atoms with Crippen LogP contribution in [0.25, 0.3) is 6.08 Å². The molecule has 1 aliphatic heterocycles. The molecule has 1 aromatic carbocycles. The van der Waals surface area contributed by atoms with Gasteiger partial charge in [-0.2, -0.15) is 0 Å². The molecule has 0 bridgehead atoms. The maximum Gasteiger partial charge on any atom is 0.200 e. The molecule has 1 aromatic rings. The summed E-state index contributed by atoms with van der Waals surface area (Å²) < 4.78 is 22.8. The lowest BCUT2D eigenvalue weighted by Crippen LogP contribution is -1.94. The van der Waals surface area contributed by atoms with E-state index in [4.69, 9.17) is 0 Å². The zero-order valence-electron chi connectivity index (χ0n) is 6.70. The zero-order valence-corrected chi connectivity index (χ0v) is 9.10. The standard InChI is InChI=1S/C9H7BrO2S/c10-6-7-2-1-3-9-8(7)4-5-13(9,11)12/h1-5H,6H2. The van der Waals surface area contributed by atoms with E-state index in [1.165, 1.54) is 5.41 Å². The summed E-state index contributed by atoms with van der Waals surface area (Å²) in [7, 11) is -3.14. The normalized spacial score (nSPS) is 17.3. The minimum Gasteiger partial charge on any atom is -0.219 e. The molecule has 68 valence electrons. The average Bonchev–Trinajstić information content (AvgIpc) is 2.43. The molecule has 0 spiro atoms. The van der Waals surface area contributed by atoms with Crippen LogP contribution in [0.15, 0.2) is 28.5 Å². The van der Waals surface area contributed by atoms with E-state index < -0.39 is 9.84 Å². The third kappa shape index (κ3) is 1.34. The Morgan fingerprint density at radius 3 is 2.77 bits per heavy atom. The molecule has 2 rings (SSSR count). The van der Waals surface area contributed by atoms with Gasteiger partial charge in [0.25, 0.3) is 0 Å². The van der Waals surface area contributed by atoms with E-state index in [0.717, 1.165) is 11.1 Å². The Morgan fingerprint density at radius 2 is 2.08 bits per heavy atom. The molecule has 0 N–H and O–H groups in total. The van der Waals surface area contributed by atoms with E-state index in [1.807, 2.05) is 6.07 Å². The summed E-state index contributed by atoms with van der Waals surface area (Å²) in [5, 5.41) is 1.93. The van der Waals surface area contributed by atoms with Gasteiger partial charge in [0.1, 0.15) is 0 Å². The molecule has 0 atom stereocenters. The largest absolute Gasteiger partial charge is 0.219 e. The predicted molar refractivity (Wildman–Crippen MR) is 55.3 cm³/mol. The summed E-state index contributed by atoms with van der Waals surface area (Å²) in [4.78, 5) is 0.421. The maximum absolute atomic E-state index is 11.4. The van der Waals surface area contributed by atoms with Gasteiger partial charge in [-0.3, -0.25) is 0 Å². The van der Waals surface area contributed by atoms with Crippen LogP contribution >= 0.6 is 15.9 Å². The maximum atomic E-state index is 11.4. The molecule has 0 saturated carbocycles. The Bertz CT molecular complexity index is 474. The van der Waals surface area contributed by atoms with Crippen molar-refractivity contribution in [3.8, 4) is 0 Å². The fourth-order valence-corrected chi connectivity index (χ4v) is 3.10. The van der Waals surface area contributed by atoms with Gasteiger partial charge >= 0.3 is 0 Å². The molecule has 0 radical (unpaired) electrons. The van der Waals surface area contributed by atoms with Crippen LogP contribution in [0, 0.1) is 0 Å². The highest BCUT2D eigenvalue weighted by atomic mass is 79.9. The highest BCUT2D eigenvalue weighted by Gasteiger charge is 2.21. The lowest BCUT2D eigenvalue weighted by molar-refractivity contribution is 0.605. The van der Waals surface area contributed by atoms with Crippen LogP contribution in [0.2, 0.25) is 0 Å². The number of hydrogen-bond donors (Lipinski definition) is 0. The van der Waals surface area contributed by atoms with Crippen molar-refractivity contribution < 1.29 is 8.42 Å². The molecular weight excluding hydrogens is 252 g/mol. The van der Waals surface area contributed by atoms with E-state index in [9.17, 15) is 8.42 Å². The molecule has 4 heteroatoms. The van der Waals surface area contributed by atoms with Crippen molar-refractivity contribution in [2.45, 2.75) is 10.2 Å². The van der Waals surface area contributed by atoms with Crippen LogP contribution in [0.4, 0.5) is 0 Å². The summed E-state index contributed by atoms with van der Waals surface area (Å²) >= 11 is 3.32. The molecule has 0 fully saturated rings. The highest BCUT2D eigenvalue weighted by Crippen LogP contribution is 2.30. The number of sulfone groups is 1. The Labute approximate surface area is 85.3 Å². The fraction of sp³-hybridized carbons (Fsp3) is 0.111. The van der Waals surface area contributed by atoms with Crippen LogP contribution in [-0.2, 0) is 15.2 Å². The Morgan fingerprint density at radius 1 is 1.31 bits per heavy atom. The number of rotatable bonds is 1. The summed E-state index contributed by atoms with van der Waals surface area (Å²) in [6, 6.07) is 5.32. The van der Waals surface area contributed by atoms with E-state index in [-0.39, 0.29) is 0 Å². The monoisotopic (exact) mass is 258 g/mol. The van der Waals surface area contributed by atoms with Crippen molar-refractivity contribution in [2.75, 3.05) is 0 Å². The summed E-state index contributed by atoms with van der Waals surface area (Å²) in [5.74, 6) is 0. The van der Waals surface area contributed by atoms with Gasteiger partial charge in [0.15, 0.2) is 9.84 Å². The van der Waals surface area contributed by atoms with Gasteiger partial charge in [-0.05, 0) is 23.3 Å². The van der Waals surface area contributed by atoms with Crippen molar-refractivity contribution >= 4 is 31.8 Å². The van der Waals surface area contributed by atoms with Crippen LogP contribution in [0.3, 0.4) is 0 Å². The first kappa shape index (κ1) is 8.97. The lowest BCUT2D eigenvalue weighted by atomic mass is 10.1. The summed E-state index contributed by atoms with van der Waals surface area (Å²) in [6.45, 7) is 0. The lowest BCUT2D eigenvalue weighted by Gasteiger charge is -2.02. The van der Waals surface area contributed by atoms with Gasteiger partial charge in [0, 0.05) is 10.7 Å². The third-order valence-corrected chi connectivity index (χ3v) is 4.09. The predicted octanol–water partition coefficient (Wildman–Crippen LogP) is 2.34. The van der Waals surface area contributed by atoms with E-state index in [2.05, 4.69) is 15.9 Å². The average molecular weight is 259 g/mol. The van der Waals surface area contributed by atoms with Crippen LogP contribution in [-0.4, -0.2) is 8.42 Å². The van der Waals surface area contributed by atoms with Gasteiger partial charge < -0.3 is 0 Å². The van der Waals surface area contributed by atoms with Crippen molar-refractivity contribution in [1.29, 1.82) is 0 Å². The molecule has 0 saturated heterocycles. The zero-order chi connectivity index (χ0) is 9.47. The minimum atomic E-state index is -3.14. The SMILES string of the molecule is O=S1(=O)C=Cc2c(CBr)cccc21. The summed E-state index contributed by atoms with van der Waals surface area (Å²) in [6.07, 6.45) is 1.65. The first-order valence-corrected chi connectivity index (χ1v) is 6.43. The molecule has 13 heavy (non-hydrogen) atoms. The van der Waals surface area contributed by atoms with E-state index in [1.54, 1.807) is 18.2 Å². The second-order valence-electron chi connectivity index (χ2n) is 2.81. The van der Waals surface area contributed by atoms with Gasteiger partial charge in [-0.25, -0.2) is 8.42 Å². The molecule has 1 aliphatic rings. The molecule has 0 aliphatic carbocycles. The Hall–Kier alpha value is -0.610. The third-order valence-electron chi connectivity index (χ3n) is 2.02. The van der Waals surface area contributed by atoms with Gasteiger partial charge in [-0.1, -0.05) is 28.1 Å². The molecule has 0 amide bonds. The number of alkyl halides is 1. The van der Waals surface area contributed by atoms with Crippen molar-refractivity contribution in [1.82, 2.24) is 0 Å². The van der Waals surface area contributed by atoms with Crippen molar-refractivity contribution in [3.63, 3.8) is 0 Å². The number of fused-ring (bicyclic) bond motifs is 1. The van der Waals surface area contributed by atoms with E-state index >= 15 is 0 Å². The molecule has 2 nitrogen and oxygen atoms in total. The number of benzene rings is 1. The highest BCUT2D eigenvalue weighted by molar-refractivity contribution is 9.08. The minimum absolute atomic E-state index is 0.421. The topological polar surface area (TPSA) is 34.1 Å². The second kappa shape index (κ2) is 2.96. The van der Waals surface area contributed by atoms with Gasteiger partial charge in [0.05, 0.1) is 4.90 Å². The van der Waals surface area contributed by atoms with Crippen LogP contribution < -0.4 is 0 Å². The molecule has 0 aromatic heterocycles. The van der Waals surface area contributed by atoms with Gasteiger partial charge in [0.2, 0.25) is 0 Å². The number of hydrogen-bond acceptors (Lipinski definition) is 2. The quantitative estimate of drug-likeness (QED) is 0.725. The Balaban J connectivity index is 2.76. The first-order valence-electron chi connectivity index (χ1n) is 3.76. The fourth-order valence-electron chi connectivity index (χ4n) is 1.37. The molecule has 0 unspecified atom stereocenters.